The molecule has 1 spiro atoms. The lowest BCUT2D eigenvalue weighted by molar-refractivity contribution is -0.123. The maximum absolute atomic E-state index is 12.6. The Morgan fingerprint density at radius 1 is 1.21 bits per heavy atom. The molecule has 2 unspecified atom stereocenters. The van der Waals surface area contributed by atoms with Gasteiger partial charge in [0, 0.05) is 49.8 Å². The molecule has 180 valence electrons. The van der Waals surface area contributed by atoms with Gasteiger partial charge in [-0.3, -0.25) is 9.59 Å². The van der Waals surface area contributed by atoms with Crippen LogP contribution in [0.25, 0.3) is 11.3 Å². The first kappa shape index (κ1) is 22.7. The number of aromatic carboxylic acids is 1. The summed E-state index contributed by atoms with van der Waals surface area (Å²) in [6.07, 6.45) is 6.73. The van der Waals surface area contributed by atoms with Gasteiger partial charge in [-0.1, -0.05) is 13.8 Å². The van der Waals surface area contributed by atoms with Gasteiger partial charge in [0.25, 0.3) is 0 Å². The molecule has 2 atom stereocenters. The minimum atomic E-state index is -1.20. The van der Waals surface area contributed by atoms with Crippen molar-refractivity contribution in [1.29, 1.82) is 0 Å². The average molecular weight is 465 g/mol. The Kier molecular flexibility index (Phi) is 5.53. The third-order valence-electron chi connectivity index (χ3n) is 8.06. The number of pyridine rings is 1. The number of nitrogens with zero attached hydrogens (tertiary/aromatic N) is 2. The number of Topliss-reactive ketones (excluding diaryl/α,β-unsaturated/α-hetero) is 1. The van der Waals surface area contributed by atoms with Crippen LogP contribution in [0, 0.1) is 11.3 Å². The summed E-state index contributed by atoms with van der Waals surface area (Å²) < 4.78 is 7.77. The second kappa shape index (κ2) is 8.29. The number of methoxy groups -OCH3 is 1. The molecule has 0 amide bonds. The van der Waals surface area contributed by atoms with Crippen molar-refractivity contribution in [3.63, 3.8) is 0 Å². The fourth-order valence-electron chi connectivity index (χ4n) is 6.26. The molecule has 0 radical (unpaired) electrons. The lowest BCUT2D eigenvalue weighted by Gasteiger charge is -2.35. The predicted molar refractivity (Wildman–Crippen MR) is 130 cm³/mol. The summed E-state index contributed by atoms with van der Waals surface area (Å²) in [5.41, 5.74) is 3.20. The van der Waals surface area contributed by atoms with Gasteiger partial charge in [-0.05, 0) is 54.7 Å². The van der Waals surface area contributed by atoms with Crippen molar-refractivity contribution in [3.05, 3.63) is 45.7 Å². The number of rotatable bonds is 4. The number of ketones is 1. The first-order valence-corrected chi connectivity index (χ1v) is 12.2. The van der Waals surface area contributed by atoms with Crippen LogP contribution in [0.4, 0.5) is 5.69 Å². The zero-order chi connectivity index (χ0) is 24.2. The molecule has 2 aliphatic heterocycles. The molecule has 2 fully saturated rings. The van der Waals surface area contributed by atoms with Gasteiger partial charge in [-0.15, -0.1) is 0 Å². The fraction of sp³-hybridized carbons (Fsp3) is 0.519. The summed E-state index contributed by atoms with van der Waals surface area (Å²) in [7, 11) is 1.65. The molecular weight excluding hydrogens is 432 g/mol. The van der Waals surface area contributed by atoms with E-state index in [9.17, 15) is 19.5 Å². The molecule has 34 heavy (non-hydrogen) atoms. The van der Waals surface area contributed by atoms with E-state index in [0.29, 0.717) is 18.6 Å². The lowest BCUT2D eigenvalue weighted by Crippen LogP contribution is -2.33. The molecule has 5 rings (SSSR count). The van der Waals surface area contributed by atoms with Crippen LogP contribution >= 0.6 is 0 Å². The van der Waals surface area contributed by atoms with Gasteiger partial charge in [0.15, 0.2) is 5.43 Å². The highest BCUT2D eigenvalue weighted by molar-refractivity contribution is 5.88. The van der Waals surface area contributed by atoms with Crippen LogP contribution in [0.5, 0.6) is 5.75 Å². The van der Waals surface area contributed by atoms with Crippen LogP contribution in [-0.2, 0) is 11.2 Å². The molecule has 1 aromatic heterocycles. The Labute approximate surface area is 199 Å². The maximum atomic E-state index is 12.6. The number of aromatic nitrogens is 1. The van der Waals surface area contributed by atoms with Crippen LogP contribution in [0.2, 0.25) is 0 Å². The largest absolute Gasteiger partial charge is 0.495 e. The third kappa shape index (κ3) is 3.71. The summed E-state index contributed by atoms with van der Waals surface area (Å²) in [5, 5.41) is 9.49. The molecule has 1 saturated heterocycles. The van der Waals surface area contributed by atoms with Crippen molar-refractivity contribution in [2.24, 2.45) is 11.3 Å². The van der Waals surface area contributed by atoms with Crippen molar-refractivity contribution in [1.82, 2.24) is 4.57 Å². The van der Waals surface area contributed by atoms with E-state index in [1.807, 2.05) is 10.6 Å². The first-order chi connectivity index (χ1) is 16.2. The second-order valence-electron chi connectivity index (χ2n) is 10.6. The number of carbonyl (C=O) groups excluding carboxylic acids is 1. The number of ether oxygens (including phenoxy) is 1. The highest BCUT2D eigenvalue weighted by atomic mass is 16.5. The molecule has 1 saturated carbocycles. The molecule has 3 heterocycles. The smallest absolute Gasteiger partial charge is 0.341 e. The summed E-state index contributed by atoms with van der Waals surface area (Å²) in [5.74, 6) is 0.172. The van der Waals surface area contributed by atoms with E-state index in [2.05, 4.69) is 24.8 Å². The Morgan fingerprint density at radius 3 is 2.68 bits per heavy atom. The number of anilines is 1. The number of fused-ring (bicyclic) bond motifs is 3. The molecule has 1 aromatic carbocycles. The first-order valence-electron chi connectivity index (χ1n) is 12.2. The number of hydrogen-bond donors (Lipinski definition) is 1. The molecule has 1 N–H and O–H groups in total. The van der Waals surface area contributed by atoms with Crippen molar-refractivity contribution < 1.29 is 19.4 Å². The van der Waals surface area contributed by atoms with Crippen molar-refractivity contribution in [2.75, 3.05) is 25.1 Å². The highest BCUT2D eigenvalue weighted by Gasteiger charge is 2.42. The summed E-state index contributed by atoms with van der Waals surface area (Å²) >= 11 is 0. The van der Waals surface area contributed by atoms with Gasteiger partial charge in [0.05, 0.1) is 18.5 Å². The topological polar surface area (TPSA) is 88.8 Å². The van der Waals surface area contributed by atoms with Gasteiger partial charge >= 0.3 is 5.97 Å². The van der Waals surface area contributed by atoms with Gasteiger partial charge < -0.3 is 19.3 Å². The monoisotopic (exact) mass is 464 g/mol. The minimum absolute atomic E-state index is 0.0448. The van der Waals surface area contributed by atoms with Crippen molar-refractivity contribution in [2.45, 2.75) is 58.4 Å². The van der Waals surface area contributed by atoms with Gasteiger partial charge in [0.2, 0.25) is 0 Å². The van der Waals surface area contributed by atoms with Crippen LogP contribution in [0.1, 0.15) is 67.9 Å². The molecule has 0 bridgehead atoms. The number of benzene rings is 1. The quantitative estimate of drug-likeness (QED) is 0.725. The van der Waals surface area contributed by atoms with E-state index in [4.69, 9.17) is 4.74 Å². The zero-order valence-corrected chi connectivity index (χ0v) is 20.1. The number of carbonyl (C=O) groups is 2. The number of carboxylic acids is 1. The van der Waals surface area contributed by atoms with Gasteiger partial charge in [-0.25, -0.2) is 4.79 Å². The molecule has 2 aromatic rings. The Balaban J connectivity index is 1.59. The molecular formula is C27H32N2O5. The Hall–Kier alpha value is -3.09. The van der Waals surface area contributed by atoms with Crippen molar-refractivity contribution in [3.8, 4) is 17.0 Å². The third-order valence-corrected chi connectivity index (χ3v) is 8.06. The van der Waals surface area contributed by atoms with E-state index < -0.39 is 11.4 Å². The Morgan fingerprint density at radius 2 is 2.00 bits per heavy atom. The zero-order valence-electron chi connectivity index (χ0n) is 20.1. The molecule has 1 aliphatic carbocycles. The standard InChI is InChI=1S/C27H32N2O5/c1-16(2)21-9-17-10-23(28-8-7-27(15-28)6-4-5-18(30)13-27)25(34-3)11-19(17)22-12-24(31)20(26(32)33)14-29(21)22/h10-12,14,16,21H,4-9,13,15H2,1-3H3,(H,32,33). The Bertz CT molecular complexity index is 1230. The summed E-state index contributed by atoms with van der Waals surface area (Å²) in [6, 6.07) is 5.67. The number of carboxylic acid groups (broad SMARTS) is 1. The van der Waals surface area contributed by atoms with E-state index in [1.165, 1.54) is 12.3 Å². The van der Waals surface area contributed by atoms with E-state index >= 15 is 0 Å². The van der Waals surface area contributed by atoms with E-state index in [1.54, 1.807) is 7.11 Å². The van der Waals surface area contributed by atoms with Crippen LogP contribution < -0.4 is 15.1 Å². The van der Waals surface area contributed by atoms with E-state index in [0.717, 1.165) is 67.0 Å². The van der Waals surface area contributed by atoms with Gasteiger partial charge in [0.1, 0.15) is 17.1 Å². The molecule has 3 aliphatic rings. The van der Waals surface area contributed by atoms with Crippen LogP contribution in [0.15, 0.2) is 29.2 Å². The SMILES string of the molecule is COc1cc2c(cc1N1CCC3(CCCC(=O)C3)C1)CC(C(C)C)n1cc(C(=O)O)c(=O)cc1-2. The van der Waals surface area contributed by atoms with Crippen molar-refractivity contribution >= 4 is 17.4 Å². The lowest BCUT2D eigenvalue weighted by atomic mass is 9.73. The summed E-state index contributed by atoms with van der Waals surface area (Å²) in [6.45, 7) is 5.99. The minimum Gasteiger partial charge on any atom is -0.495 e. The maximum Gasteiger partial charge on any atom is 0.341 e. The number of hydrogen-bond acceptors (Lipinski definition) is 5. The van der Waals surface area contributed by atoms with Gasteiger partial charge in [-0.2, -0.15) is 0 Å². The normalized spacial score (nSPS) is 23.8. The average Bonchev–Trinajstić information content (AvgIpc) is 3.19. The van der Waals surface area contributed by atoms with Crippen LogP contribution in [-0.4, -0.2) is 41.6 Å². The predicted octanol–water partition coefficient (Wildman–Crippen LogP) is 4.31. The molecule has 7 nitrogen and oxygen atoms in total. The summed E-state index contributed by atoms with van der Waals surface area (Å²) in [4.78, 5) is 38.7. The highest BCUT2D eigenvalue weighted by Crippen LogP contribution is 2.48. The molecule has 7 heteroatoms. The fourth-order valence-corrected chi connectivity index (χ4v) is 6.26. The second-order valence-corrected chi connectivity index (χ2v) is 10.6. The van der Waals surface area contributed by atoms with E-state index in [-0.39, 0.29) is 22.9 Å². The van der Waals surface area contributed by atoms with Crippen LogP contribution in [0.3, 0.4) is 0 Å².